The van der Waals surface area contributed by atoms with Crippen LogP contribution >= 0.6 is 0 Å². The van der Waals surface area contributed by atoms with E-state index in [0.717, 1.165) is 29.6 Å². The molecule has 4 aromatic rings. The van der Waals surface area contributed by atoms with Crippen LogP contribution in [0.1, 0.15) is 39.5 Å². The second-order valence-electron chi connectivity index (χ2n) is 7.34. The van der Waals surface area contributed by atoms with Gasteiger partial charge in [0.1, 0.15) is 11.6 Å². The fraction of sp³-hybridized carbons (Fsp3) is 0.120. The van der Waals surface area contributed by atoms with Crippen molar-refractivity contribution in [2.75, 3.05) is 5.32 Å². The molecule has 1 atom stereocenters. The molecule has 3 aromatic carbocycles. The molecule has 3 nitrogen and oxygen atoms in total. The average molecular weight is 382 g/mol. The van der Waals surface area contributed by atoms with Gasteiger partial charge in [-0.1, -0.05) is 36.4 Å². The van der Waals surface area contributed by atoms with Gasteiger partial charge in [0.15, 0.2) is 5.78 Å². The lowest BCUT2D eigenvalue weighted by Gasteiger charge is -2.15. The minimum Gasteiger partial charge on any atom is -0.363 e. The number of fused-ring (bicyclic) bond motifs is 2. The predicted octanol–water partition coefficient (Wildman–Crippen LogP) is 5.70. The van der Waals surface area contributed by atoms with Crippen molar-refractivity contribution in [2.45, 2.75) is 18.9 Å². The molecule has 142 valence electrons. The number of halogens is 1. The second kappa shape index (κ2) is 7.13. The van der Waals surface area contributed by atoms with E-state index in [0.29, 0.717) is 11.1 Å². The minimum absolute atomic E-state index is 0.136. The highest BCUT2D eigenvalue weighted by atomic mass is 19.1. The van der Waals surface area contributed by atoms with E-state index < -0.39 is 0 Å². The summed E-state index contributed by atoms with van der Waals surface area (Å²) < 4.78 is 13.2. The molecule has 29 heavy (non-hydrogen) atoms. The summed E-state index contributed by atoms with van der Waals surface area (Å²) in [4.78, 5) is 17.6. The molecule has 1 unspecified atom stereocenters. The zero-order chi connectivity index (χ0) is 19.8. The summed E-state index contributed by atoms with van der Waals surface area (Å²) in [5, 5.41) is 4.33. The molecular weight excluding hydrogens is 363 g/mol. The van der Waals surface area contributed by atoms with Gasteiger partial charge in [-0.05, 0) is 66.4 Å². The monoisotopic (exact) mass is 382 g/mol. The number of ketones is 1. The summed E-state index contributed by atoms with van der Waals surface area (Å²) in [6.45, 7) is 0. The molecule has 0 radical (unpaired) electrons. The van der Waals surface area contributed by atoms with Crippen LogP contribution in [0.5, 0.6) is 0 Å². The molecule has 1 N–H and O–H groups in total. The SMILES string of the molecule is O=C(c1ccc(F)cc1)c1cccc2nc(NC3CCc4ccccc43)ccc12. The fourth-order valence-corrected chi connectivity index (χ4v) is 4.08. The van der Waals surface area contributed by atoms with Crippen molar-refractivity contribution < 1.29 is 9.18 Å². The smallest absolute Gasteiger partial charge is 0.193 e. The first-order valence-corrected chi connectivity index (χ1v) is 9.73. The summed E-state index contributed by atoms with van der Waals surface area (Å²) in [7, 11) is 0. The van der Waals surface area contributed by atoms with Gasteiger partial charge in [0.05, 0.1) is 11.6 Å². The molecule has 0 aliphatic heterocycles. The van der Waals surface area contributed by atoms with Crippen LogP contribution in [0.15, 0.2) is 78.9 Å². The number of carbonyl (C=O) groups is 1. The first-order valence-electron chi connectivity index (χ1n) is 9.73. The third kappa shape index (κ3) is 3.27. The standard InChI is InChI=1S/C25H19FN2O/c26-18-11-8-17(9-12-18)25(29)21-6-3-7-22-20(21)13-15-24(27-22)28-23-14-10-16-4-1-2-5-19(16)23/h1-9,11-13,15,23H,10,14H2,(H,27,28). The molecule has 0 spiro atoms. The van der Waals surface area contributed by atoms with E-state index in [1.54, 1.807) is 6.07 Å². The Morgan fingerprint density at radius 3 is 2.62 bits per heavy atom. The highest BCUT2D eigenvalue weighted by Gasteiger charge is 2.22. The number of benzene rings is 3. The van der Waals surface area contributed by atoms with E-state index in [-0.39, 0.29) is 17.6 Å². The number of nitrogens with one attached hydrogen (secondary N) is 1. The molecule has 1 aromatic heterocycles. The van der Waals surface area contributed by atoms with Crippen LogP contribution in [-0.4, -0.2) is 10.8 Å². The molecule has 0 amide bonds. The molecule has 0 fully saturated rings. The third-order valence-corrected chi connectivity index (χ3v) is 5.54. The van der Waals surface area contributed by atoms with Gasteiger partial charge >= 0.3 is 0 Å². The summed E-state index contributed by atoms with van der Waals surface area (Å²) in [5.74, 6) is 0.304. The van der Waals surface area contributed by atoms with Crippen LogP contribution in [0, 0.1) is 5.82 Å². The Bertz CT molecular complexity index is 1220. The van der Waals surface area contributed by atoms with Gasteiger partial charge in [-0.2, -0.15) is 0 Å². The van der Waals surface area contributed by atoms with Crippen LogP contribution in [-0.2, 0) is 6.42 Å². The number of aryl methyl sites for hydroxylation is 1. The maximum atomic E-state index is 13.2. The summed E-state index contributed by atoms with van der Waals surface area (Å²) in [6, 6.07) is 23.8. The molecule has 1 aliphatic rings. The Morgan fingerprint density at radius 1 is 0.931 bits per heavy atom. The third-order valence-electron chi connectivity index (χ3n) is 5.54. The van der Waals surface area contributed by atoms with Crippen molar-refractivity contribution in [1.82, 2.24) is 4.98 Å². The van der Waals surface area contributed by atoms with Gasteiger partial charge in [0, 0.05) is 16.5 Å². The predicted molar refractivity (Wildman–Crippen MR) is 113 cm³/mol. The van der Waals surface area contributed by atoms with E-state index in [4.69, 9.17) is 4.98 Å². The van der Waals surface area contributed by atoms with E-state index in [2.05, 4.69) is 29.6 Å². The maximum Gasteiger partial charge on any atom is 0.193 e. The van der Waals surface area contributed by atoms with E-state index >= 15 is 0 Å². The van der Waals surface area contributed by atoms with Gasteiger partial charge in [-0.3, -0.25) is 4.79 Å². The molecule has 1 aliphatic carbocycles. The van der Waals surface area contributed by atoms with E-state index in [1.165, 1.54) is 35.4 Å². The Balaban J connectivity index is 1.46. The normalized spacial score (nSPS) is 15.3. The molecule has 1 heterocycles. The Hall–Kier alpha value is -3.53. The first kappa shape index (κ1) is 17.6. The van der Waals surface area contributed by atoms with Gasteiger partial charge in [-0.25, -0.2) is 9.37 Å². The second-order valence-corrected chi connectivity index (χ2v) is 7.34. The van der Waals surface area contributed by atoms with Crippen LogP contribution in [0.3, 0.4) is 0 Å². The van der Waals surface area contributed by atoms with Crippen molar-refractivity contribution in [1.29, 1.82) is 0 Å². The number of pyridine rings is 1. The number of rotatable bonds is 4. The van der Waals surface area contributed by atoms with Crippen LogP contribution in [0.2, 0.25) is 0 Å². The van der Waals surface area contributed by atoms with Crippen molar-refractivity contribution in [2.24, 2.45) is 0 Å². The van der Waals surface area contributed by atoms with Gasteiger partial charge in [-0.15, -0.1) is 0 Å². The summed E-state index contributed by atoms with van der Waals surface area (Å²) >= 11 is 0. The molecule has 5 rings (SSSR count). The molecule has 4 heteroatoms. The quantitative estimate of drug-likeness (QED) is 0.460. The lowest BCUT2D eigenvalue weighted by atomic mass is 9.99. The molecule has 0 saturated heterocycles. The number of anilines is 1. The lowest BCUT2D eigenvalue weighted by molar-refractivity contribution is 0.104. The number of carbonyl (C=O) groups excluding carboxylic acids is 1. The number of aromatic nitrogens is 1. The summed E-state index contributed by atoms with van der Waals surface area (Å²) in [6.07, 6.45) is 2.11. The van der Waals surface area contributed by atoms with E-state index in [1.807, 2.05) is 24.3 Å². The minimum atomic E-state index is -0.356. The highest BCUT2D eigenvalue weighted by molar-refractivity contribution is 6.16. The number of hydrogen-bond donors (Lipinski definition) is 1. The average Bonchev–Trinajstić information content (AvgIpc) is 3.16. The molecule has 0 bridgehead atoms. The van der Waals surface area contributed by atoms with Crippen molar-refractivity contribution in [3.8, 4) is 0 Å². The Morgan fingerprint density at radius 2 is 1.76 bits per heavy atom. The maximum absolute atomic E-state index is 13.2. The molecule has 0 saturated carbocycles. The van der Waals surface area contributed by atoms with Crippen molar-refractivity contribution in [3.63, 3.8) is 0 Å². The van der Waals surface area contributed by atoms with Gasteiger partial charge in [0.2, 0.25) is 0 Å². The summed E-state index contributed by atoms with van der Waals surface area (Å²) in [5.41, 5.74) is 4.50. The van der Waals surface area contributed by atoms with Crippen LogP contribution in [0.25, 0.3) is 10.9 Å². The zero-order valence-electron chi connectivity index (χ0n) is 15.7. The topological polar surface area (TPSA) is 42.0 Å². The van der Waals surface area contributed by atoms with Gasteiger partial charge in [0.25, 0.3) is 0 Å². The Kier molecular flexibility index (Phi) is 4.32. The first-order chi connectivity index (χ1) is 14.2. The largest absolute Gasteiger partial charge is 0.363 e. The highest BCUT2D eigenvalue weighted by Crippen LogP contribution is 2.33. The van der Waals surface area contributed by atoms with E-state index in [9.17, 15) is 9.18 Å². The van der Waals surface area contributed by atoms with Crippen LogP contribution < -0.4 is 5.32 Å². The lowest BCUT2D eigenvalue weighted by Crippen LogP contribution is -2.09. The van der Waals surface area contributed by atoms with Crippen LogP contribution in [0.4, 0.5) is 10.2 Å². The number of hydrogen-bond acceptors (Lipinski definition) is 3. The number of nitrogens with zero attached hydrogens (tertiary/aromatic N) is 1. The van der Waals surface area contributed by atoms with Crippen molar-refractivity contribution in [3.05, 3.63) is 107 Å². The fourth-order valence-electron chi connectivity index (χ4n) is 4.08. The van der Waals surface area contributed by atoms with Gasteiger partial charge < -0.3 is 5.32 Å². The molecular formula is C25H19FN2O. The zero-order valence-corrected chi connectivity index (χ0v) is 15.7. The van der Waals surface area contributed by atoms with Crippen molar-refractivity contribution >= 4 is 22.5 Å². The Labute approximate surface area is 168 Å².